The highest BCUT2D eigenvalue weighted by molar-refractivity contribution is 5.95. The van der Waals surface area contributed by atoms with Crippen LogP contribution >= 0.6 is 0 Å². The Hall–Kier alpha value is -2.04. The van der Waals surface area contributed by atoms with E-state index in [4.69, 9.17) is 4.74 Å². The summed E-state index contributed by atoms with van der Waals surface area (Å²) in [6.07, 6.45) is 7.19. The van der Waals surface area contributed by atoms with Crippen molar-refractivity contribution in [3.05, 3.63) is 24.3 Å². The van der Waals surface area contributed by atoms with Crippen LogP contribution in [0.15, 0.2) is 24.3 Å². The molecule has 1 aliphatic heterocycles. The van der Waals surface area contributed by atoms with Crippen molar-refractivity contribution in [1.29, 1.82) is 0 Å². The standard InChI is InChI=1S/C22H30N2O3/c1-15(27-21(25)14-18-13-16-4-5-17(18)12-16)22(26)23-19-6-8-20(9-7-19)24-10-2-3-11-24/h6-9,15-18H,2-5,10-14H2,1H3,(H,23,26)/t15-,16-,17-,18+/m0/s1. The minimum Gasteiger partial charge on any atom is -0.453 e. The number of hydrogen-bond acceptors (Lipinski definition) is 4. The van der Waals surface area contributed by atoms with Gasteiger partial charge in [0.1, 0.15) is 0 Å². The van der Waals surface area contributed by atoms with Crippen molar-refractivity contribution < 1.29 is 14.3 Å². The van der Waals surface area contributed by atoms with Crippen LogP contribution in [-0.4, -0.2) is 31.1 Å². The Labute approximate surface area is 161 Å². The quantitative estimate of drug-likeness (QED) is 0.770. The molecule has 4 atom stereocenters. The summed E-state index contributed by atoms with van der Waals surface area (Å²) in [6, 6.07) is 7.89. The zero-order chi connectivity index (χ0) is 18.8. The van der Waals surface area contributed by atoms with Crippen molar-refractivity contribution >= 4 is 23.3 Å². The van der Waals surface area contributed by atoms with Gasteiger partial charge in [-0.1, -0.05) is 6.42 Å². The van der Waals surface area contributed by atoms with Crippen molar-refractivity contribution in [1.82, 2.24) is 0 Å². The molecule has 0 unspecified atom stereocenters. The van der Waals surface area contributed by atoms with E-state index in [1.807, 2.05) is 24.3 Å². The van der Waals surface area contributed by atoms with Gasteiger partial charge in [-0.3, -0.25) is 9.59 Å². The molecule has 1 N–H and O–H groups in total. The Bertz CT molecular complexity index is 681. The maximum absolute atomic E-state index is 12.4. The molecule has 1 heterocycles. The van der Waals surface area contributed by atoms with Crippen LogP contribution in [0.25, 0.3) is 0 Å². The van der Waals surface area contributed by atoms with Gasteiger partial charge in [0.25, 0.3) is 5.91 Å². The van der Waals surface area contributed by atoms with Gasteiger partial charge in [0, 0.05) is 30.9 Å². The normalized spacial score (nSPS) is 27.6. The van der Waals surface area contributed by atoms with Gasteiger partial charge in [-0.25, -0.2) is 0 Å². The van der Waals surface area contributed by atoms with Gasteiger partial charge in [0.05, 0.1) is 0 Å². The van der Waals surface area contributed by atoms with Gasteiger partial charge in [-0.05, 0) is 81.0 Å². The van der Waals surface area contributed by atoms with Crippen LogP contribution < -0.4 is 10.2 Å². The van der Waals surface area contributed by atoms with E-state index in [0.717, 1.165) is 31.1 Å². The molecule has 2 bridgehead atoms. The second-order valence-corrected chi connectivity index (χ2v) is 8.50. The van der Waals surface area contributed by atoms with Crippen molar-refractivity contribution in [3.8, 4) is 0 Å². The Morgan fingerprint density at radius 3 is 2.52 bits per heavy atom. The van der Waals surface area contributed by atoms with E-state index in [1.54, 1.807) is 6.92 Å². The van der Waals surface area contributed by atoms with Crippen molar-refractivity contribution in [2.45, 2.75) is 58.0 Å². The minimum absolute atomic E-state index is 0.236. The SMILES string of the molecule is C[C@H](OC(=O)C[C@H]1C[C@H]2CC[C@H]1C2)C(=O)Nc1ccc(N2CCCC2)cc1. The lowest BCUT2D eigenvalue weighted by atomic mass is 9.86. The minimum atomic E-state index is -0.769. The topological polar surface area (TPSA) is 58.6 Å². The lowest BCUT2D eigenvalue weighted by molar-refractivity contribution is -0.154. The third-order valence-electron chi connectivity index (χ3n) is 6.60. The number of carbonyl (C=O) groups excluding carboxylic acids is 2. The van der Waals surface area contributed by atoms with Crippen LogP contribution in [0.5, 0.6) is 0 Å². The molecule has 2 saturated carbocycles. The first kappa shape index (κ1) is 18.3. The van der Waals surface area contributed by atoms with Crippen LogP contribution in [0.2, 0.25) is 0 Å². The third-order valence-corrected chi connectivity index (χ3v) is 6.60. The van der Waals surface area contributed by atoms with Crippen LogP contribution in [0, 0.1) is 17.8 Å². The highest BCUT2D eigenvalue weighted by Crippen LogP contribution is 2.49. The van der Waals surface area contributed by atoms with Gasteiger partial charge in [-0.2, -0.15) is 0 Å². The number of nitrogens with zero attached hydrogens (tertiary/aromatic N) is 1. The third kappa shape index (κ3) is 4.28. The van der Waals surface area contributed by atoms with Crippen LogP contribution in [0.4, 0.5) is 11.4 Å². The molecule has 0 radical (unpaired) electrons. The van der Waals surface area contributed by atoms with E-state index in [2.05, 4.69) is 10.2 Å². The summed E-state index contributed by atoms with van der Waals surface area (Å²) in [6.45, 7) is 3.84. The Morgan fingerprint density at radius 2 is 1.89 bits per heavy atom. The number of hydrogen-bond donors (Lipinski definition) is 1. The fourth-order valence-corrected chi connectivity index (χ4v) is 5.11. The fourth-order valence-electron chi connectivity index (χ4n) is 5.11. The van der Waals surface area contributed by atoms with E-state index in [-0.39, 0.29) is 11.9 Å². The number of nitrogens with one attached hydrogen (secondary N) is 1. The number of amides is 1. The molecular formula is C22H30N2O3. The lowest BCUT2D eigenvalue weighted by Crippen LogP contribution is -2.31. The lowest BCUT2D eigenvalue weighted by Gasteiger charge is -2.21. The Kier molecular flexibility index (Phi) is 5.37. The van der Waals surface area contributed by atoms with E-state index >= 15 is 0 Å². The van der Waals surface area contributed by atoms with Crippen molar-refractivity contribution in [2.75, 3.05) is 23.3 Å². The van der Waals surface area contributed by atoms with Gasteiger partial charge < -0.3 is 15.0 Å². The average Bonchev–Trinajstić information content (AvgIpc) is 3.40. The molecule has 146 valence electrons. The number of carbonyl (C=O) groups is 2. The average molecular weight is 370 g/mol. The second-order valence-electron chi connectivity index (χ2n) is 8.50. The predicted octanol–water partition coefficient (Wildman–Crippen LogP) is 3.98. The van der Waals surface area contributed by atoms with E-state index in [1.165, 1.54) is 37.8 Å². The molecule has 3 aliphatic rings. The molecule has 2 aliphatic carbocycles. The summed E-state index contributed by atoms with van der Waals surface area (Å²) in [7, 11) is 0. The summed E-state index contributed by atoms with van der Waals surface area (Å²) in [5.41, 5.74) is 1.93. The van der Waals surface area contributed by atoms with Crippen molar-refractivity contribution in [3.63, 3.8) is 0 Å². The first-order valence-corrected chi connectivity index (χ1v) is 10.4. The van der Waals surface area contributed by atoms with Gasteiger partial charge in [0.15, 0.2) is 6.10 Å². The van der Waals surface area contributed by atoms with E-state index in [9.17, 15) is 9.59 Å². The summed E-state index contributed by atoms with van der Waals surface area (Å²) >= 11 is 0. The fraction of sp³-hybridized carbons (Fsp3) is 0.636. The molecule has 4 rings (SSSR count). The Morgan fingerprint density at radius 1 is 1.15 bits per heavy atom. The van der Waals surface area contributed by atoms with Crippen LogP contribution in [0.1, 0.15) is 51.9 Å². The number of esters is 1. The van der Waals surface area contributed by atoms with E-state index in [0.29, 0.717) is 18.3 Å². The number of rotatable bonds is 6. The van der Waals surface area contributed by atoms with Crippen molar-refractivity contribution in [2.24, 2.45) is 17.8 Å². The Balaban J connectivity index is 1.24. The number of fused-ring (bicyclic) bond motifs is 2. The molecule has 5 heteroatoms. The molecule has 1 aromatic rings. The second kappa shape index (κ2) is 7.91. The maximum Gasteiger partial charge on any atom is 0.306 e. The molecule has 0 aromatic heterocycles. The van der Waals surface area contributed by atoms with Gasteiger partial charge >= 0.3 is 5.97 Å². The first-order valence-electron chi connectivity index (χ1n) is 10.4. The summed E-state index contributed by atoms with van der Waals surface area (Å²) in [5.74, 6) is 1.47. The van der Waals surface area contributed by atoms with Crippen LogP contribution in [0.3, 0.4) is 0 Å². The summed E-state index contributed by atoms with van der Waals surface area (Å²) in [4.78, 5) is 26.9. The highest BCUT2D eigenvalue weighted by atomic mass is 16.5. The van der Waals surface area contributed by atoms with E-state index < -0.39 is 6.10 Å². The van der Waals surface area contributed by atoms with Crippen LogP contribution in [-0.2, 0) is 14.3 Å². The molecule has 1 aromatic carbocycles. The maximum atomic E-state index is 12.4. The molecule has 1 saturated heterocycles. The molecule has 0 spiro atoms. The van der Waals surface area contributed by atoms with Gasteiger partial charge in [-0.15, -0.1) is 0 Å². The predicted molar refractivity (Wildman–Crippen MR) is 106 cm³/mol. The molecule has 5 nitrogen and oxygen atoms in total. The summed E-state index contributed by atoms with van der Waals surface area (Å²) < 4.78 is 5.40. The number of ether oxygens (including phenoxy) is 1. The molecule has 1 amide bonds. The monoisotopic (exact) mass is 370 g/mol. The smallest absolute Gasteiger partial charge is 0.306 e. The summed E-state index contributed by atoms with van der Waals surface area (Å²) in [5, 5.41) is 2.85. The largest absolute Gasteiger partial charge is 0.453 e. The molecular weight excluding hydrogens is 340 g/mol. The first-order chi connectivity index (χ1) is 13.1. The number of benzene rings is 1. The zero-order valence-corrected chi connectivity index (χ0v) is 16.2. The molecule has 27 heavy (non-hydrogen) atoms. The highest BCUT2D eigenvalue weighted by Gasteiger charge is 2.40. The zero-order valence-electron chi connectivity index (χ0n) is 16.2. The molecule has 3 fully saturated rings. The number of anilines is 2. The van der Waals surface area contributed by atoms with Gasteiger partial charge in [0.2, 0.25) is 0 Å².